The Morgan fingerprint density at radius 2 is 1.73 bits per heavy atom. The van der Waals surface area contributed by atoms with Crippen molar-refractivity contribution in [2.45, 2.75) is 11.3 Å². The van der Waals surface area contributed by atoms with Gasteiger partial charge in [-0.25, -0.2) is 0 Å². The third kappa shape index (κ3) is 3.46. The lowest BCUT2D eigenvalue weighted by atomic mass is 10.2. The molecule has 0 fully saturated rings. The molecule has 0 unspecified atom stereocenters. The van der Waals surface area contributed by atoms with Crippen molar-refractivity contribution in [2.75, 3.05) is 0 Å². The van der Waals surface area contributed by atoms with Gasteiger partial charge in [-0.3, -0.25) is 0 Å². The molecule has 0 heterocycles. The van der Waals surface area contributed by atoms with E-state index in [9.17, 15) is 0 Å². The van der Waals surface area contributed by atoms with E-state index >= 15 is 0 Å². The molecule has 0 radical (unpaired) electrons. The number of hydrogen-bond donors (Lipinski definition) is 0. The molecule has 0 saturated heterocycles. The van der Waals surface area contributed by atoms with Crippen LogP contribution in [0.1, 0.15) is 5.56 Å². The summed E-state index contributed by atoms with van der Waals surface area (Å²) in [5.41, 5.74) is 1.16. The summed E-state index contributed by atoms with van der Waals surface area (Å²) in [7, 11) is 0. The van der Waals surface area contributed by atoms with Gasteiger partial charge >= 0.3 is 0 Å². The van der Waals surface area contributed by atoms with Crippen LogP contribution >= 0.6 is 39.1 Å². The van der Waals surface area contributed by atoms with Gasteiger partial charge in [0, 0.05) is 10.9 Å². The van der Waals surface area contributed by atoms with Crippen LogP contribution in [0.15, 0.2) is 28.7 Å². The molecule has 11 heavy (non-hydrogen) atoms. The van der Waals surface area contributed by atoms with Gasteiger partial charge in [0.15, 0.2) is 0 Å². The zero-order chi connectivity index (χ0) is 8.27. The summed E-state index contributed by atoms with van der Waals surface area (Å²) in [5.74, 6) is 0. The largest absolute Gasteiger partial charge is 0.111 e. The van der Waals surface area contributed by atoms with Gasteiger partial charge in [0.25, 0.3) is 0 Å². The van der Waals surface area contributed by atoms with Crippen LogP contribution in [0.5, 0.6) is 0 Å². The molecule has 3 heteroatoms. The average molecular weight is 254 g/mol. The van der Waals surface area contributed by atoms with Crippen molar-refractivity contribution in [3.63, 3.8) is 0 Å². The molecule has 1 rings (SSSR count). The van der Waals surface area contributed by atoms with Gasteiger partial charge in [-0.15, -0.1) is 23.2 Å². The molecule has 0 nitrogen and oxygen atoms in total. The van der Waals surface area contributed by atoms with Gasteiger partial charge in [-0.05, 0) is 17.7 Å². The monoisotopic (exact) mass is 252 g/mol. The maximum absolute atomic E-state index is 5.61. The summed E-state index contributed by atoms with van der Waals surface area (Å²) in [6.45, 7) is 0. The van der Waals surface area contributed by atoms with E-state index in [2.05, 4.69) is 15.9 Å². The SMILES string of the molecule is ClC(Cl)Cc1ccc(Br)cc1. The highest BCUT2D eigenvalue weighted by atomic mass is 79.9. The van der Waals surface area contributed by atoms with E-state index in [-0.39, 0.29) is 4.84 Å². The Labute approximate surface area is 84.6 Å². The molecular formula is C8H7BrCl2. The van der Waals surface area contributed by atoms with Crippen molar-refractivity contribution in [3.8, 4) is 0 Å². The highest BCUT2D eigenvalue weighted by Gasteiger charge is 1.99. The predicted molar refractivity (Wildman–Crippen MR) is 53.3 cm³/mol. The lowest BCUT2D eigenvalue weighted by Crippen LogP contribution is -1.92. The van der Waals surface area contributed by atoms with Crippen molar-refractivity contribution < 1.29 is 0 Å². The summed E-state index contributed by atoms with van der Waals surface area (Å²) >= 11 is 14.6. The van der Waals surface area contributed by atoms with Crippen molar-refractivity contribution >= 4 is 39.1 Å². The van der Waals surface area contributed by atoms with Gasteiger partial charge in [0.2, 0.25) is 0 Å². The Hall–Kier alpha value is 0.280. The van der Waals surface area contributed by atoms with Crippen LogP contribution < -0.4 is 0 Å². The molecule has 1 aromatic rings. The van der Waals surface area contributed by atoms with E-state index in [1.807, 2.05) is 24.3 Å². The quantitative estimate of drug-likeness (QED) is 0.704. The molecule has 0 saturated carbocycles. The van der Waals surface area contributed by atoms with Crippen LogP contribution in [-0.2, 0) is 6.42 Å². The Kier molecular flexibility index (Phi) is 3.70. The van der Waals surface area contributed by atoms with Crippen molar-refractivity contribution in [2.24, 2.45) is 0 Å². The van der Waals surface area contributed by atoms with E-state index in [1.54, 1.807) is 0 Å². The highest BCUT2D eigenvalue weighted by Crippen LogP contribution is 2.14. The minimum atomic E-state index is -0.309. The van der Waals surface area contributed by atoms with Crippen LogP contribution in [0.2, 0.25) is 0 Å². The topological polar surface area (TPSA) is 0 Å². The van der Waals surface area contributed by atoms with Crippen molar-refractivity contribution in [1.29, 1.82) is 0 Å². The first-order chi connectivity index (χ1) is 5.18. The van der Waals surface area contributed by atoms with Crippen LogP contribution in [0.25, 0.3) is 0 Å². The number of halogens is 3. The first kappa shape index (κ1) is 9.37. The fraction of sp³-hybridized carbons (Fsp3) is 0.250. The number of benzene rings is 1. The van der Waals surface area contributed by atoms with Crippen molar-refractivity contribution in [1.82, 2.24) is 0 Å². The van der Waals surface area contributed by atoms with E-state index in [0.29, 0.717) is 6.42 Å². The number of rotatable bonds is 2. The summed E-state index contributed by atoms with van der Waals surface area (Å²) in [4.78, 5) is -0.309. The first-order valence-corrected chi connectivity index (χ1v) is 4.87. The van der Waals surface area contributed by atoms with Crippen LogP contribution in [0.4, 0.5) is 0 Å². The zero-order valence-electron chi connectivity index (χ0n) is 5.73. The van der Waals surface area contributed by atoms with E-state index < -0.39 is 0 Å². The fourth-order valence-electron chi connectivity index (χ4n) is 0.799. The van der Waals surface area contributed by atoms with Gasteiger partial charge < -0.3 is 0 Å². The molecule has 0 aliphatic heterocycles. The van der Waals surface area contributed by atoms with E-state index in [4.69, 9.17) is 23.2 Å². The Morgan fingerprint density at radius 3 is 2.18 bits per heavy atom. The molecule has 0 spiro atoms. The maximum Gasteiger partial charge on any atom is 0.111 e. The molecule has 0 amide bonds. The number of hydrogen-bond acceptors (Lipinski definition) is 0. The predicted octanol–water partition coefficient (Wildman–Crippen LogP) is 3.80. The third-order valence-electron chi connectivity index (χ3n) is 1.30. The van der Waals surface area contributed by atoms with E-state index in [1.165, 1.54) is 0 Å². The van der Waals surface area contributed by atoms with E-state index in [0.717, 1.165) is 10.0 Å². The minimum absolute atomic E-state index is 0.309. The second-order valence-corrected chi connectivity index (χ2v) is 4.41. The second-order valence-electron chi connectivity index (χ2n) is 2.22. The lowest BCUT2D eigenvalue weighted by Gasteiger charge is -2.00. The van der Waals surface area contributed by atoms with Crippen LogP contribution in [0.3, 0.4) is 0 Å². The van der Waals surface area contributed by atoms with Gasteiger partial charge in [-0.2, -0.15) is 0 Å². The molecule has 0 N–H and O–H groups in total. The van der Waals surface area contributed by atoms with Gasteiger partial charge in [-0.1, -0.05) is 28.1 Å². The summed E-state index contributed by atoms with van der Waals surface area (Å²) < 4.78 is 1.07. The summed E-state index contributed by atoms with van der Waals surface area (Å²) in [5, 5.41) is 0. The molecule has 0 atom stereocenters. The zero-order valence-corrected chi connectivity index (χ0v) is 8.83. The molecule has 0 aromatic heterocycles. The standard InChI is InChI=1S/C8H7BrCl2/c9-7-3-1-6(2-4-7)5-8(10)11/h1-4,8H,5H2. The van der Waals surface area contributed by atoms with Crippen LogP contribution in [0, 0.1) is 0 Å². The Bertz CT molecular complexity index is 218. The molecule has 60 valence electrons. The lowest BCUT2D eigenvalue weighted by molar-refractivity contribution is 1.09. The summed E-state index contributed by atoms with van der Waals surface area (Å²) in [6, 6.07) is 7.96. The van der Waals surface area contributed by atoms with Gasteiger partial charge in [0.05, 0.1) is 0 Å². The molecule has 1 aromatic carbocycles. The summed E-state index contributed by atoms with van der Waals surface area (Å²) in [6.07, 6.45) is 0.705. The maximum atomic E-state index is 5.61. The molecule has 0 aliphatic carbocycles. The second kappa shape index (κ2) is 4.34. The smallest absolute Gasteiger partial charge is 0.105 e. The minimum Gasteiger partial charge on any atom is -0.105 e. The number of alkyl halides is 2. The molecule has 0 aliphatic rings. The Morgan fingerprint density at radius 1 is 1.18 bits per heavy atom. The average Bonchev–Trinajstić information content (AvgIpc) is 1.93. The van der Waals surface area contributed by atoms with Crippen molar-refractivity contribution in [3.05, 3.63) is 34.3 Å². The normalized spacial score (nSPS) is 10.5. The molecular weight excluding hydrogens is 247 g/mol. The van der Waals surface area contributed by atoms with Crippen LogP contribution in [-0.4, -0.2) is 4.84 Å². The first-order valence-electron chi connectivity index (χ1n) is 3.21. The highest BCUT2D eigenvalue weighted by molar-refractivity contribution is 9.10. The molecule has 0 bridgehead atoms. The van der Waals surface area contributed by atoms with Gasteiger partial charge in [0.1, 0.15) is 4.84 Å². The fourth-order valence-corrected chi connectivity index (χ4v) is 1.42. The Balaban J connectivity index is 2.66. The third-order valence-corrected chi connectivity index (χ3v) is 2.14.